The van der Waals surface area contributed by atoms with Crippen LogP contribution >= 0.6 is 11.8 Å². The van der Waals surface area contributed by atoms with E-state index in [2.05, 4.69) is 19.9 Å². The SMILES string of the molecule is Cc1ccnc(Sc2nccc(C#N)n2)n1. The Hall–Kier alpha value is -2.00. The molecule has 0 atom stereocenters. The van der Waals surface area contributed by atoms with Gasteiger partial charge >= 0.3 is 0 Å². The van der Waals surface area contributed by atoms with E-state index in [4.69, 9.17) is 5.26 Å². The van der Waals surface area contributed by atoms with E-state index in [1.165, 1.54) is 11.8 Å². The molecule has 0 N–H and O–H groups in total. The second-order valence-electron chi connectivity index (χ2n) is 2.92. The number of aryl methyl sites for hydroxylation is 1. The van der Waals surface area contributed by atoms with Gasteiger partial charge in [0.15, 0.2) is 10.3 Å². The highest BCUT2D eigenvalue weighted by Crippen LogP contribution is 2.19. The smallest absolute Gasteiger partial charge is 0.196 e. The lowest BCUT2D eigenvalue weighted by molar-refractivity contribution is 0.903. The van der Waals surface area contributed by atoms with E-state index < -0.39 is 0 Å². The molecule has 0 bridgehead atoms. The molecule has 2 rings (SSSR count). The molecule has 0 radical (unpaired) electrons. The summed E-state index contributed by atoms with van der Waals surface area (Å²) in [6.45, 7) is 1.89. The van der Waals surface area contributed by atoms with Gasteiger partial charge in [0.1, 0.15) is 11.8 Å². The Labute approximate surface area is 96.6 Å². The third kappa shape index (κ3) is 2.52. The zero-order valence-corrected chi connectivity index (χ0v) is 9.27. The average molecular weight is 229 g/mol. The van der Waals surface area contributed by atoms with Crippen molar-refractivity contribution >= 4 is 11.8 Å². The van der Waals surface area contributed by atoms with Crippen molar-refractivity contribution in [2.45, 2.75) is 17.2 Å². The van der Waals surface area contributed by atoms with Gasteiger partial charge in [-0.1, -0.05) is 0 Å². The Morgan fingerprint density at radius 3 is 2.50 bits per heavy atom. The van der Waals surface area contributed by atoms with Crippen molar-refractivity contribution in [2.75, 3.05) is 0 Å². The Morgan fingerprint density at radius 2 is 1.81 bits per heavy atom. The summed E-state index contributed by atoms with van der Waals surface area (Å²) in [6, 6.07) is 5.33. The van der Waals surface area contributed by atoms with Crippen molar-refractivity contribution in [2.24, 2.45) is 0 Å². The summed E-state index contributed by atoms with van der Waals surface area (Å²) in [5.74, 6) is 0. The molecule has 2 aromatic heterocycles. The minimum Gasteiger partial charge on any atom is -0.231 e. The second kappa shape index (κ2) is 4.68. The van der Waals surface area contributed by atoms with Gasteiger partial charge in [-0.25, -0.2) is 19.9 Å². The van der Waals surface area contributed by atoms with Crippen molar-refractivity contribution in [3.63, 3.8) is 0 Å². The number of rotatable bonds is 2. The molecule has 0 saturated carbocycles. The number of hydrogen-bond acceptors (Lipinski definition) is 6. The maximum atomic E-state index is 8.69. The highest BCUT2D eigenvalue weighted by atomic mass is 32.2. The molecule has 5 nitrogen and oxygen atoms in total. The molecule has 0 spiro atoms. The number of hydrogen-bond donors (Lipinski definition) is 0. The molecule has 2 heterocycles. The van der Waals surface area contributed by atoms with Crippen molar-refractivity contribution in [1.29, 1.82) is 5.26 Å². The van der Waals surface area contributed by atoms with Gasteiger partial charge in [0, 0.05) is 18.1 Å². The van der Waals surface area contributed by atoms with Gasteiger partial charge in [-0.05, 0) is 30.8 Å². The van der Waals surface area contributed by atoms with Crippen LogP contribution in [0.15, 0.2) is 34.8 Å². The topological polar surface area (TPSA) is 75.3 Å². The molecule has 0 unspecified atom stereocenters. The molecule has 0 aromatic carbocycles. The fourth-order valence-corrected chi connectivity index (χ4v) is 1.73. The van der Waals surface area contributed by atoms with Crippen LogP contribution in [0.3, 0.4) is 0 Å². The lowest BCUT2D eigenvalue weighted by atomic mass is 10.5. The van der Waals surface area contributed by atoms with Crippen LogP contribution < -0.4 is 0 Å². The summed E-state index contributed by atoms with van der Waals surface area (Å²) in [6.07, 6.45) is 3.22. The molecule has 0 saturated heterocycles. The highest BCUT2D eigenvalue weighted by molar-refractivity contribution is 7.99. The van der Waals surface area contributed by atoms with Gasteiger partial charge < -0.3 is 0 Å². The maximum absolute atomic E-state index is 8.69. The molecular formula is C10H7N5S. The first kappa shape index (κ1) is 10.5. The molecule has 0 fully saturated rings. The second-order valence-corrected chi connectivity index (χ2v) is 3.85. The predicted molar refractivity (Wildman–Crippen MR) is 57.6 cm³/mol. The van der Waals surface area contributed by atoms with E-state index >= 15 is 0 Å². The molecule has 0 aliphatic carbocycles. The zero-order valence-electron chi connectivity index (χ0n) is 8.45. The van der Waals surface area contributed by atoms with Crippen LogP contribution in [0, 0.1) is 18.3 Å². The van der Waals surface area contributed by atoms with E-state index in [0.29, 0.717) is 16.0 Å². The van der Waals surface area contributed by atoms with E-state index in [1.807, 2.05) is 19.1 Å². The van der Waals surface area contributed by atoms with Crippen LogP contribution in [0.4, 0.5) is 0 Å². The summed E-state index contributed by atoms with van der Waals surface area (Å²) in [5, 5.41) is 9.75. The molecule has 0 aliphatic heterocycles. The van der Waals surface area contributed by atoms with E-state index in [-0.39, 0.29) is 0 Å². The molecule has 0 aliphatic rings. The standard InChI is InChI=1S/C10H7N5S/c1-7-2-4-12-9(14-7)16-10-13-5-3-8(6-11)15-10/h2-5H,1H3. The lowest BCUT2D eigenvalue weighted by Crippen LogP contribution is -1.92. The fraction of sp³-hybridized carbons (Fsp3) is 0.100. The Kier molecular flexibility index (Phi) is 3.08. The predicted octanol–water partition coefficient (Wildman–Crippen LogP) is 1.60. The van der Waals surface area contributed by atoms with Gasteiger partial charge in [0.05, 0.1) is 0 Å². The van der Waals surface area contributed by atoms with Crippen LogP contribution in [0.25, 0.3) is 0 Å². The van der Waals surface area contributed by atoms with Gasteiger partial charge in [-0.2, -0.15) is 5.26 Å². The van der Waals surface area contributed by atoms with E-state index in [0.717, 1.165) is 5.69 Å². The number of nitriles is 1. The fourth-order valence-electron chi connectivity index (χ4n) is 1.01. The molecule has 0 amide bonds. The highest BCUT2D eigenvalue weighted by Gasteiger charge is 2.04. The lowest BCUT2D eigenvalue weighted by Gasteiger charge is -1.98. The first-order chi connectivity index (χ1) is 7.78. The summed E-state index contributed by atoms with van der Waals surface area (Å²) in [5.41, 5.74) is 1.22. The van der Waals surface area contributed by atoms with Crippen molar-refractivity contribution in [1.82, 2.24) is 19.9 Å². The maximum Gasteiger partial charge on any atom is 0.196 e. The largest absolute Gasteiger partial charge is 0.231 e. The van der Waals surface area contributed by atoms with Crippen LogP contribution in [-0.4, -0.2) is 19.9 Å². The van der Waals surface area contributed by atoms with Crippen LogP contribution in [0.5, 0.6) is 0 Å². The third-order valence-corrected chi connectivity index (χ3v) is 2.46. The summed E-state index contributed by atoms with van der Waals surface area (Å²) in [7, 11) is 0. The normalized spacial score (nSPS) is 9.75. The minimum absolute atomic E-state index is 0.338. The van der Waals surface area contributed by atoms with E-state index in [9.17, 15) is 0 Å². The molecule has 2 aromatic rings. The molecule has 6 heteroatoms. The van der Waals surface area contributed by atoms with Crippen molar-refractivity contribution < 1.29 is 0 Å². The first-order valence-electron chi connectivity index (χ1n) is 4.48. The minimum atomic E-state index is 0.338. The quantitative estimate of drug-likeness (QED) is 0.728. The molecular weight excluding hydrogens is 222 g/mol. The summed E-state index contributed by atoms with van der Waals surface area (Å²) >= 11 is 1.24. The van der Waals surface area contributed by atoms with Crippen LogP contribution in [-0.2, 0) is 0 Å². The summed E-state index contributed by atoms with van der Waals surface area (Å²) < 4.78 is 0. The van der Waals surface area contributed by atoms with Crippen LogP contribution in [0.2, 0.25) is 0 Å². The third-order valence-electron chi connectivity index (χ3n) is 1.70. The zero-order chi connectivity index (χ0) is 11.4. The Bertz CT molecular complexity index is 549. The molecule has 78 valence electrons. The number of nitrogens with zero attached hydrogens (tertiary/aromatic N) is 5. The van der Waals surface area contributed by atoms with Gasteiger partial charge in [0.25, 0.3) is 0 Å². The van der Waals surface area contributed by atoms with Crippen LogP contribution in [0.1, 0.15) is 11.4 Å². The molecule has 16 heavy (non-hydrogen) atoms. The number of aromatic nitrogens is 4. The van der Waals surface area contributed by atoms with Gasteiger partial charge in [-0.15, -0.1) is 0 Å². The van der Waals surface area contributed by atoms with E-state index in [1.54, 1.807) is 18.5 Å². The monoisotopic (exact) mass is 229 g/mol. The van der Waals surface area contributed by atoms with Gasteiger partial charge in [0.2, 0.25) is 0 Å². The Balaban J connectivity index is 2.24. The Morgan fingerprint density at radius 1 is 1.12 bits per heavy atom. The summed E-state index contributed by atoms with van der Waals surface area (Å²) in [4.78, 5) is 16.4. The first-order valence-corrected chi connectivity index (χ1v) is 5.30. The van der Waals surface area contributed by atoms with Crippen molar-refractivity contribution in [3.05, 3.63) is 35.9 Å². The average Bonchev–Trinajstić information content (AvgIpc) is 2.29. The van der Waals surface area contributed by atoms with Crippen molar-refractivity contribution in [3.8, 4) is 6.07 Å². The van der Waals surface area contributed by atoms with Gasteiger partial charge in [-0.3, -0.25) is 0 Å².